The number of aromatic nitrogens is 3. The number of carbonyl (C=O) groups excluding carboxylic acids is 1. The number of pyridine rings is 1. The molecule has 0 fully saturated rings. The lowest BCUT2D eigenvalue weighted by Crippen LogP contribution is -2.16. The van der Waals surface area contributed by atoms with Crippen LogP contribution in [-0.4, -0.2) is 27.8 Å². The van der Waals surface area contributed by atoms with Gasteiger partial charge in [-0.3, -0.25) is 4.79 Å². The van der Waals surface area contributed by atoms with Crippen molar-refractivity contribution >= 4 is 5.91 Å². The molecule has 18 heavy (non-hydrogen) atoms. The number of carbonyl (C=O) groups is 1. The Morgan fingerprint density at radius 3 is 3.06 bits per heavy atom. The van der Waals surface area contributed by atoms with E-state index >= 15 is 0 Å². The van der Waals surface area contributed by atoms with Crippen LogP contribution in [0.4, 0.5) is 0 Å². The molecule has 0 spiro atoms. The van der Waals surface area contributed by atoms with Gasteiger partial charge in [-0.05, 0) is 19.1 Å². The first-order valence-corrected chi connectivity index (χ1v) is 5.58. The maximum Gasteiger partial charge on any atom is 0.255 e. The molecule has 0 aliphatic carbocycles. The molecule has 0 saturated carbocycles. The molecule has 0 atom stereocenters. The number of hydrogen-bond donors (Lipinski definition) is 1. The van der Waals surface area contributed by atoms with E-state index in [2.05, 4.69) is 15.4 Å². The lowest BCUT2D eigenvalue weighted by molar-refractivity contribution is 0.0964. The number of nitrogens with one attached hydrogen (secondary N) is 1. The van der Waals surface area contributed by atoms with Crippen LogP contribution in [0.15, 0.2) is 18.3 Å². The summed E-state index contributed by atoms with van der Waals surface area (Å²) in [6.07, 6.45) is 1.65. The van der Waals surface area contributed by atoms with Crippen molar-refractivity contribution in [2.24, 2.45) is 0 Å². The first-order chi connectivity index (χ1) is 8.72. The highest BCUT2D eigenvalue weighted by molar-refractivity contribution is 5.99. The Labute approximate surface area is 104 Å². The SMILES string of the molecule is COc1ncccc1-n1nc2c(c1C)C(=O)NC2. The lowest BCUT2D eigenvalue weighted by Gasteiger charge is -2.09. The molecule has 1 aliphatic rings. The number of amides is 1. The minimum atomic E-state index is -0.0726. The van der Waals surface area contributed by atoms with Crippen molar-refractivity contribution in [3.8, 4) is 11.6 Å². The summed E-state index contributed by atoms with van der Waals surface area (Å²) in [5.74, 6) is 0.416. The zero-order valence-electron chi connectivity index (χ0n) is 10.1. The number of hydrogen-bond acceptors (Lipinski definition) is 4. The van der Waals surface area contributed by atoms with Gasteiger partial charge in [0.05, 0.1) is 30.6 Å². The number of fused-ring (bicyclic) bond motifs is 1. The summed E-state index contributed by atoms with van der Waals surface area (Å²) in [6, 6.07) is 3.67. The second-order valence-electron chi connectivity index (χ2n) is 4.03. The van der Waals surface area contributed by atoms with E-state index in [-0.39, 0.29) is 5.91 Å². The Morgan fingerprint density at radius 2 is 2.33 bits per heavy atom. The summed E-state index contributed by atoms with van der Waals surface area (Å²) in [6.45, 7) is 2.34. The van der Waals surface area contributed by atoms with Gasteiger partial charge in [-0.25, -0.2) is 9.67 Å². The van der Waals surface area contributed by atoms with Crippen molar-refractivity contribution in [3.05, 3.63) is 35.3 Å². The van der Waals surface area contributed by atoms with E-state index in [1.165, 1.54) is 0 Å². The maximum atomic E-state index is 11.7. The van der Waals surface area contributed by atoms with Crippen LogP contribution in [0.25, 0.3) is 5.69 Å². The molecule has 2 aromatic heterocycles. The highest BCUT2D eigenvalue weighted by Gasteiger charge is 2.27. The van der Waals surface area contributed by atoms with Gasteiger partial charge in [0.2, 0.25) is 5.88 Å². The van der Waals surface area contributed by atoms with E-state index < -0.39 is 0 Å². The molecule has 3 heterocycles. The predicted molar refractivity (Wildman–Crippen MR) is 63.8 cm³/mol. The van der Waals surface area contributed by atoms with Crippen LogP contribution in [0.1, 0.15) is 21.7 Å². The molecule has 1 amide bonds. The van der Waals surface area contributed by atoms with Crippen LogP contribution >= 0.6 is 0 Å². The molecule has 2 aromatic rings. The average molecular weight is 244 g/mol. The van der Waals surface area contributed by atoms with E-state index in [0.717, 1.165) is 17.1 Å². The summed E-state index contributed by atoms with van der Waals surface area (Å²) < 4.78 is 6.91. The molecule has 6 heteroatoms. The molecule has 0 unspecified atom stereocenters. The standard InChI is InChI=1S/C12H12N4O2/c1-7-10-8(6-14-11(10)17)15-16(7)9-4-3-5-13-12(9)18-2/h3-5H,6H2,1-2H3,(H,14,17). The van der Waals surface area contributed by atoms with Gasteiger partial charge >= 0.3 is 0 Å². The topological polar surface area (TPSA) is 69.0 Å². The van der Waals surface area contributed by atoms with Crippen LogP contribution in [0.3, 0.4) is 0 Å². The Balaban J connectivity index is 2.19. The van der Waals surface area contributed by atoms with E-state index in [4.69, 9.17) is 4.74 Å². The zero-order chi connectivity index (χ0) is 12.7. The summed E-state index contributed by atoms with van der Waals surface area (Å²) >= 11 is 0. The third-order valence-corrected chi connectivity index (χ3v) is 3.00. The van der Waals surface area contributed by atoms with E-state index in [1.807, 2.05) is 19.1 Å². The molecule has 6 nitrogen and oxygen atoms in total. The third-order valence-electron chi connectivity index (χ3n) is 3.00. The second kappa shape index (κ2) is 3.83. The van der Waals surface area contributed by atoms with Crippen molar-refractivity contribution in [2.75, 3.05) is 7.11 Å². The molecule has 3 rings (SSSR count). The fourth-order valence-corrected chi connectivity index (χ4v) is 2.17. The summed E-state index contributed by atoms with van der Waals surface area (Å²) in [7, 11) is 1.56. The Kier molecular flexibility index (Phi) is 2.29. The van der Waals surface area contributed by atoms with Gasteiger partial charge in [-0.1, -0.05) is 0 Å². The van der Waals surface area contributed by atoms with Gasteiger partial charge in [0, 0.05) is 6.20 Å². The Morgan fingerprint density at radius 1 is 1.50 bits per heavy atom. The van der Waals surface area contributed by atoms with Crippen molar-refractivity contribution in [3.63, 3.8) is 0 Å². The van der Waals surface area contributed by atoms with Gasteiger partial charge in [-0.2, -0.15) is 5.10 Å². The largest absolute Gasteiger partial charge is 0.479 e. The number of ether oxygens (including phenoxy) is 1. The van der Waals surface area contributed by atoms with Gasteiger partial charge in [0.1, 0.15) is 5.69 Å². The smallest absolute Gasteiger partial charge is 0.255 e. The number of nitrogens with zero attached hydrogens (tertiary/aromatic N) is 3. The molecular formula is C12H12N4O2. The molecule has 0 bridgehead atoms. The Hall–Kier alpha value is -2.37. The zero-order valence-corrected chi connectivity index (χ0v) is 10.1. The van der Waals surface area contributed by atoms with Crippen LogP contribution in [0.5, 0.6) is 5.88 Å². The van der Waals surface area contributed by atoms with Crippen molar-refractivity contribution in [2.45, 2.75) is 13.5 Å². The van der Waals surface area contributed by atoms with Gasteiger partial charge in [0.15, 0.2) is 0 Å². The number of rotatable bonds is 2. The first-order valence-electron chi connectivity index (χ1n) is 5.58. The molecule has 1 N–H and O–H groups in total. The predicted octanol–water partition coefficient (Wildman–Crippen LogP) is 0.828. The van der Waals surface area contributed by atoms with Crippen LogP contribution in [0, 0.1) is 6.92 Å². The van der Waals surface area contributed by atoms with Crippen molar-refractivity contribution < 1.29 is 9.53 Å². The van der Waals surface area contributed by atoms with Crippen molar-refractivity contribution in [1.82, 2.24) is 20.1 Å². The minimum absolute atomic E-state index is 0.0726. The highest BCUT2D eigenvalue weighted by atomic mass is 16.5. The van der Waals surface area contributed by atoms with E-state index in [9.17, 15) is 4.79 Å². The molecule has 0 aromatic carbocycles. The molecule has 0 saturated heterocycles. The summed E-state index contributed by atoms with van der Waals surface area (Å²) in [5, 5.41) is 7.18. The van der Waals surface area contributed by atoms with E-state index in [0.29, 0.717) is 18.0 Å². The van der Waals surface area contributed by atoms with Crippen LogP contribution in [0.2, 0.25) is 0 Å². The summed E-state index contributed by atoms with van der Waals surface area (Å²) in [4.78, 5) is 15.8. The maximum absolute atomic E-state index is 11.7. The molecular weight excluding hydrogens is 232 g/mol. The van der Waals surface area contributed by atoms with E-state index in [1.54, 1.807) is 18.0 Å². The first kappa shape index (κ1) is 10.8. The van der Waals surface area contributed by atoms with Crippen molar-refractivity contribution in [1.29, 1.82) is 0 Å². The highest BCUT2D eigenvalue weighted by Crippen LogP contribution is 2.25. The van der Waals surface area contributed by atoms with Crippen LogP contribution < -0.4 is 10.1 Å². The molecule has 92 valence electrons. The molecule has 1 aliphatic heterocycles. The van der Waals surface area contributed by atoms with Gasteiger partial charge in [0.25, 0.3) is 5.91 Å². The fraction of sp³-hybridized carbons (Fsp3) is 0.250. The minimum Gasteiger partial charge on any atom is -0.479 e. The van der Waals surface area contributed by atoms with Crippen LogP contribution in [-0.2, 0) is 6.54 Å². The van der Waals surface area contributed by atoms with Gasteiger partial charge < -0.3 is 10.1 Å². The third kappa shape index (κ3) is 1.38. The average Bonchev–Trinajstić information content (AvgIpc) is 2.91. The van der Waals surface area contributed by atoms with Gasteiger partial charge in [-0.15, -0.1) is 0 Å². The summed E-state index contributed by atoms with van der Waals surface area (Å²) in [5.41, 5.74) is 2.95. The monoisotopic (exact) mass is 244 g/mol. The quantitative estimate of drug-likeness (QED) is 0.849. The lowest BCUT2D eigenvalue weighted by atomic mass is 10.2. The normalized spacial score (nSPS) is 13.3. The number of methoxy groups -OCH3 is 1. The molecule has 0 radical (unpaired) electrons. The fourth-order valence-electron chi connectivity index (χ4n) is 2.17. The second-order valence-corrected chi connectivity index (χ2v) is 4.03. The Bertz CT molecular complexity index is 633.